The van der Waals surface area contributed by atoms with Crippen molar-refractivity contribution >= 4 is 23.4 Å². The fourth-order valence-electron chi connectivity index (χ4n) is 1.34. The molecule has 0 amide bonds. The maximum atomic E-state index is 11.2. The number of thioether (sulfide) groups is 1. The summed E-state index contributed by atoms with van der Waals surface area (Å²) in [7, 11) is 1.41. The number of hydrogen-bond acceptors (Lipinski definition) is 4. The van der Waals surface area contributed by atoms with Gasteiger partial charge in [-0.05, 0) is 18.4 Å². The molecule has 0 heterocycles. The Morgan fingerprint density at radius 1 is 1.50 bits per heavy atom. The monoisotopic (exact) mass is 239 g/mol. The third-order valence-electron chi connectivity index (χ3n) is 2.31. The molecule has 1 atom stereocenters. The molecule has 1 aromatic carbocycles. The minimum absolute atomic E-state index is 0.139. The van der Waals surface area contributed by atoms with Crippen molar-refractivity contribution in [2.45, 2.75) is 11.8 Å². The fourth-order valence-corrected chi connectivity index (χ4v) is 1.91. The molecular weight excluding hydrogens is 222 g/mol. The molecule has 0 aliphatic rings. The Morgan fingerprint density at radius 3 is 2.81 bits per heavy atom. The van der Waals surface area contributed by atoms with Crippen LogP contribution in [0.2, 0.25) is 0 Å². The lowest BCUT2D eigenvalue weighted by Crippen LogP contribution is -2.21. The average molecular weight is 239 g/mol. The van der Waals surface area contributed by atoms with E-state index in [4.69, 9.17) is 0 Å². The van der Waals surface area contributed by atoms with Crippen LogP contribution in [-0.2, 0) is 9.53 Å². The van der Waals surface area contributed by atoms with E-state index in [1.165, 1.54) is 12.0 Å². The smallest absolute Gasteiger partial charge is 0.310 e. The van der Waals surface area contributed by atoms with Gasteiger partial charge in [-0.3, -0.25) is 4.79 Å². The van der Waals surface area contributed by atoms with Gasteiger partial charge in [0.2, 0.25) is 0 Å². The topological polar surface area (TPSA) is 38.3 Å². The Hall–Kier alpha value is -1.16. The number of carbonyl (C=O) groups is 1. The van der Waals surface area contributed by atoms with Crippen molar-refractivity contribution in [3.8, 4) is 0 Å². The molecule has 0 fully saturated rings. The highest BCUT2D eigenvalue weighted by Crippen LogP contribution is 2.24. The van der Waals surface area contributed by atoms with E-state index in [-0.39, 0.29) is 11.9 Å². The van der Waals surface area contributed by atoms with Gasteiger partial charge >= 0.3 is 5.97 Å². The largest absolute Gasteiger partial charge is 0.469 e. The van der Waals surface area contributed by atoms with Crippen molar-refractivity contribution in [3.05, 3.63) is 24.3 Å². The minimum atomic E-state index is -0.186. The highest BCUT2D eigenvalue weighted by atomic mass is 32.2. The lowest BCUT2D eigenvalue weighted by molar-refractivity contribution is -0.144. The first-order chi connectivity index (χ1) is 7.69. The zero-order valence-corrected chi connectivity index (χ0v) is 10.6. The first-order valence-corrected chi connectivity index (χ1v) is 6.36. The van der Waals surface area contributed by atoms with Gasteiger partial charge in [-0.25, -0.2) is 0 Å². The molecule has 0 radical (unpaired) electrons. The van der Waals surface area contributed by atoms with Crippen molar-refractivity contribution in [2.24, 2.45) is 5.92 Å². The van der Waals surface area contributed by atoms with E-state index in [1.54, 1.807) is 11.8 Å². The molecule has 0 aliphatic carbocycles. The van der Waals surface area contributed by atoms with Gasteiger partial charge < -0.3 is 10.1 Å². The highest BCUT2D eigenvalue weighted by molar-refractivity contribution is 7.98. The number of carbonyl (C=O) groups excluding carboxylic acids is 1. The molecule has 16 heavy (non-hydrogen) atoms. The lowest BCUT2D eigenvalue weighted by Gasteiger charge is -2.13. The van der Waals surface area contributed by atoms with Gasteiger partial charge in [-0.1, -0.05) is 19.1 Å². The standard InChI is InChI=1S/C12H17NO2S/c1-9(12(14)15-2)8-13-10-6-4-5-7-11(10)16-3/h4-7,9,13H,8H2,1-3H3. The van der Waals surface area contributed by atoms with E-state index >= 15 is 0 Å². The van der Waals surface area contributed by atoms with Gasteiger partial charge in [0.05, 0.1) is 13.0 Å². The summed E-state index contributed by atoms with van der Waals surface area (Å²) in [5.41, 5.74) is 1.06. The molecule has 0 saturated carbocycles. The van der Waals surface area contributed by atoms with Crippen molar-refractivity contribution < 1.29 is 9.53 Å². The van der Waals surface area contributed by atoms with Gasteiger partial charge in [-0.15, -0.1) is 11.8 Å². The van der Waals surface area contributed by atoms with Crippen LogP contribution in [0.5, 0.6) is 0 Å². The van der Waals surface area contributed by atoms with Crippen LogP contribution in [0, 0.1) is 5.92 Å². The van der Waals surface area contributed by atoms with Crippen LogP contribution in [0.15, 0.2) is 29.2 Å². The number of benzene rings is 1. The number of ether oxygens (including phenoxy) is 1. The quantitative estimate of drug-likeness (QED) is 0.633. The summed E-state index contributed by atoms with van der Waals surface area (Å²) in [6, 6.07) is 8.04. The summed E-state index contributed by atoms with van der Waals surface area (Å²) in [4.78, 5) is 12.4. The fraction of sp³-hybridized carbons (Fsp3) is 0.417. The SMILES string of the molecule is COC(=O)C(C)CNc1ccccc1SC. The Bertz CT molecular complexity index is 355. The molecule has 1 N–H and O–H groups in total. The molecule has 4 heteroatoms. The van der Waals surface area contributed by atoms with Crippen molar-refractivity contribution in [2.75, 3.05) is 25.2 Å². The van der Waals surface area contributed by atoms with Crippen LogP contribution in [-0.4, -0.2) is 25.9 Å². The number of para-hydroxylation sites is 1. The van der Waals surface area contributed by atoms with Crippen LogP contribution in [0.1, 0.15) is 6.92 Å². The number of rotatable bonds is 5. The highest BCUT2D eigenvalue weighted by Gasteiger charge is 2.12. The van der Waals surface area contributed by atoms with E-state index in [0.29, 0.717) is 6.54 Å². The van der Waals surface area contributed by atoms with Gasteiger partial charge in [0.1, 0.15) is 0 Å². The Balaban J connectivity index is 2.57. The molecular formula is C12H17NO2S. The first-order valence-electron chi connectivity index (χ1n) is 5.13. The second-order valence-corrected chi connectivity index (χ2v) is 4.35. The summed E-state index contributed by atoms with van der Waals surface area (Å²) < 4.78 is 4.67. The molecule has 3 nitrogen and oxygen atoms in total. The van der Waals surface area contributed by atoms with Crippen molar-refractivity contribution in [1.82, 2.24) is 0 Å². The number of esters is 1. The zero-order chi connectivity index (χ0) is 12.0. The van der Waals surface area contributed by atoms with Gasteiger partial charge in [0.25, 0.3) is 0 Å². The van der Waals surface area contributed by atoms with Crippen molar-refractivity contribution in [3.63, 3.8) is 0 Å². The molecule has 0 bridgehead atoms. The number of anilines is 1. The predicted octanol–water partition coefficient (Wildman–Crippen LogP) is 2.63. The average Bonchev–Trinajstić information content (AvgIpc) is 2.35. The van der Waals surface area contributed by atoms with Gasteiger partial charge in [0.15, 0.2) is 0 Å². The van der Waals surface area contributed by atoms with Crippen LogP contribution in [0.25, 0.3) is 0 Å². The number of nitrogens with one attached hydrogen (secondary N) is 1. The molecule has 1 rings (SSSR count). The Labute approximate surface area is 101 Å². The summed E-state index contributed by atoms with van der Waals surface area (Å²) >= 11 is 1.68. The predicted molar refractivity (Wildman–Crippen MR) is 67.9 cm³/mol. The molecule has 88 valence electrons. The second kappa shape index (κ2) is 6.43. The zero-order valence-electron chi connectivity index (χ0n) is 9.82. The molecule has 0 saturated heterocycles. The molecule has 0 spiro atoms. The Morgan fingerprint density at radius 2 is 2.19 bits per heavy atom. The summed E-state index contributed by atoms with van der Waals surface area (Å²) in [5, 5.41) is 3.26. The van der Waals surface area contributed by atoms with Crippen LogP contribution < -0.4 is 5.32 Å². The molecule has 0 aromatic heterocycles. The summed E-state index contributed by atoms with van der Waals surface area (Å²) in [6.45, 7) is 2.44. The van der Waals surface area contributed by atoms with Crippen LogP contribution in [0.3, 0.4) is 0 Å². The maximum absolute atomic E-state index is 11.2. The normalized spacial score (nSPS) is 11.9. The molecule has 1 unspecified atom stereocenters. The third kappa shape index (κ3) is 3.45. The van der Waals surface area contributed by atoms with Crippen LogP contribution in [0.4, 0.5) is 5.69 Å². The number of hydrogen-bond donors (Lipinski definition) is 1. The van der Waals surface area contributed by atoms with Gasteiger partial charge in [-0.2, -0.15) is 0 Å². The summed E-state index contributed by atoms with van der Waals surface area (Å²) in [5.74, 6) is -0.325. The van der Waals surface area contributed by atoms with E-state index in [1.807, 2.05) is 31.4 Å². The van der Waals surface area contributed by atoms with E-state index < -0.39 is 0 Å². The van der Waals surface area contributed by atoms with E-state index in [9.17, 15) is 4.79 Å². The molecule has 0 aliphatic heterocycles. The maximum Gasteiger partial charge on any atom is 0.310 e. The van der Waals surface area contributed by atoms with Crippen LogP contribution >= 0.6 is 11.8 Å². The van der Waals surface area contributed by atoms with E-state index in [0.717, 1.165) is 5.69 Å². The van der Waals surface area contributed by atoms with E-state index in [2.05, 4.69) is 16.1 Å². The lowest BCUT2D eigenvalue weighted by atomic mass is 10.2. The minimum Gasteiger partial charge on any atom is -0.469 e. The first kappa shape index (κ1) is 12.9. The Kier molecular flexibility index (Phi) is 5.19. The van der Waals surface area contributed by atoms with Crippen molar-refractivity contribution in [1.29, 1.82) is 0 Å². The molecule has 1 aromatic rings. The second-order valence-electron chi connectivity index (χ2n) is 3.51. The van der Waals surface area contributed by atoms with Gasteiger partial charge in [0, 0.05) is 17.1 Å². The number of methoxy groups -OCH3 is 1. The third-order valence-corrected chi connectivity index (χ3v) is 3.11. The summed E-state index contributed by atoms with van der Waals surface area (Å²) in [6.07, 6.45) is 2.03.